The molecular weight excluding hydrogens is 566 g/mol. The topological polar surface area (TPSA) is 69.6 Å². The molecule has 9 aromatic rings. The molecule has 0 spiro atoms. The first kappa shape index (κ1) is 26.0. The van der Waals surface area contributed by atoms with E-state index < -0.39 is 0 Å². The largest absolute Gasteiger partial charge is 0.435 e. The summed E-state index contributed by atoms with van der Waals surface area (Å²) in [6.07, 6.45) is 0. The standard InChI is InChI=1S/C40H25N5O/c1-3-12-26(13-4-1)27-22-24-29(25-23-27)39-41-33-19-11-18-32(36(33)46-39)38-42-37(28-14-5-2-6-15-28)43-40(44-38)45-34-20-9-7-16-30(34)31-17-8-10-21-35(31)45/h1-25H. The molecule has 0 saturated carbocycles. The van der Waals surface area contributed by atoms with Gasteiger partial charge in [-0.25, -0.2) is 9.97 Å². The Morgan fingerprint density at radius 1 is 0.413 bits per heavy atom. The van der Waals surface area contributed by atoms with Crippen LogP contribution in [0.5, 0.6) is 0 Å². The van der Waals surface area contributed by atoms with E-state index in [0.29, 0.717) is 29.1 Å². The zero-order valence-corrected chi connectivity index (χ0v) is 24.6. The van der Waals surface area contributed by atoms with Crippen molar-refractivity contribution in [3.05, 3.63) is 152 Å². The minimum absolute atomic E-state index is 0.512. The van der Waals surface area contributed by atoms with Crippen LogP contribution in [-0.4, -0.2) is 24.5 Å². The molecule has 9 rings (SSSR count). The van der Waals surface area contributed by atoms with Gasteiger partial charge in [0.25, 0.3) is 0 Å². The third kappa shape index (κ3) is 4.35. The van der Waals surface area contributed by atoms with Crippen LogP contribution < -0.4 is 0 Å². The molecule has 6 nitrogen and oxygen atoms in total. The van der Waals surface area contributed by atoms with Crippen LogP contribution in [0, 0.1) is 0 Å². The second kappa shape index (κ2) is 10.6. The predicted molar refractivity (Wildman–Crippen MR) is 183 cm³/mol. The van der Waals surface area contributed by atoms with Gasteiger partial charge in [-0.05, 0) is 47.5 Å². The first-order chi connectivity index (χ1) is 22.8. The zero-order chi connectivity index (χ0) is 30.5. The van der Waals surface area contributed by atoms with Gasteiger partial charge in [0.1, 0.15) is 5.52 Å². The van der Waals surface area contributed by atoms with Gasteiger partial charge in [-0.1, -0.05) is 115 Å². The predicted octanol–water partition coefficient (Wildman–Crippen LogP) is 9.78. The second-order valence-electron chi connectivity index (χ2n) is 11.1. The molecule has 216 valence electrons. The Balaban J connectivity index is 1.22. The number of rotatable bonds is 5. The van der Waals surface area contributed by atoms with Gasteiger partial charge in [-0.3, -0.25) is 4.57 Å². The molecule has 0 N–H and O–H groups in total. The highest BCUT2D eigenvalue weighted by molar-refractivity contribution is 6.09. The highest BCUT2D eigenvalue weighted by Gasteiger charge is 2.20. The fourth-order valence-corrected chi connectivity index (χ4v) is 6.12. The van der Waals surface area contributed by atoms with E-state index in [1.807, 2.05) is 91.0 Å². The Bertz CT molecular complexity index is 2460. The Kier molecular flexibility index (Phi) is 6.03. The van der Waals surface area contributed by atoms with Crippen LogP contribution >= 0.6 is 0 Å². The van der Waals surface area contributed by atoms with Crippen molar-refractivity contribution in [3.63, 3.8) is 0 Å². The maximum atomic E-state index is 6.48. The highest BCUT2D eigenvalue weighted by atomic mass is 16.3. The summed E-state index contributed by atoms with van der Waals surface area (Å²) in [6.45, 7) is 0. The first-order valence-electron chi connectivity index (χ1n) is 15.2. The number of hydrogen-bond acceptors (Lipinski definition) is 5. The minimum Gasteiger partial charge on any atom is -0.435 e. The number of benzene rings is 6. The molecule has 46 heavy (non-hydrogen) atoms. The Morgan fingerprint density at radius 2 is 0.978 bits per heavy atom. The van der Waals surface area contributed by atoms with Gasteiger partial charge in [0.2, 0.25) is 11.8 Å². The average molecular weight is 592 g/mol. The SMILES string of the molecule is c1ccc(-c2ccc(-c3nc4cccc(-c5nc(-c6ccccc6)nc(-n6c7ccccc7c7ccccc76)n5)c4o3)cc2)cc1. The van der Waals surface area contributed by atoms with Crippen LogP contribution in [0.2, 0.25) is 0 Å². The van der Waals surface area contributed by atoms with Gasteiger partial charge < -0.3 is 4.42 Å². The van der Waals surface area contributed by atoms with Crippen LogP contribution in [0.4, 0.5) is 0 Å². The molecule has 0 unspecified atom stereocenters. The van der Waals surface area contributed by atoms with Crippen molar-refractivity contribution in [1.82, 2.24) is 24.5 Å². The fraction of sp³-hybridized carbons (Fsp3) is 0. The number of aromatic nitrogens is 5. The van der Waals surface area contributed by atoms with Crippen LogP contribution in [0.25, 0.3) is 84.2 Å². The summed E-state index contributed by atoms with van der Waals surface area (Å²) < 4.78 is 8.60. The Labute approximate surface area is 264 Å². The first-order valence-corrected chi connectivity index (χ1v) is 15.2. The quantitative estimate of drug-likeness (QED) is 0.199. The lowest BCUT2D eigenvalue weighted by atomic mass is 10.0. The molecule has 0 radical (unpaired) electrons. The Morgan fingerprint density at radius 3 is 1.67 bits per heavy atom. The van der Waals surface area contributed by atoms with Crippen molar-refractivity contribution in [2.75, 3.05) is 0 Å². The third-order valence-corrected chi connectivity index (χ3v) is 8.33. The monoisotopic (exact) mass is 591 g/mol. The summed E-state index contributed by atoms with van der Waals surface area (Å²) in [5.41, 5.74) is 8.26. The van der Waals surface area contributed by atoms with Gasteiger partial charge in [0, 0.05) is 21.9 Å². The molecular formula is C40H25N5O. The molecule has 0 saturated heterocycles. The normalized spacial score (nSPS) is 11.5. The van der Waals surface area contributed by atoms with E-state index in [1.165, 1.54) is 0 Å². The number of oxazole rings is 1. The molecule has 0 aliphatic carbocycles. The van der Waals surface area contributed by atoms with Gasteiger partial charge in [-0.2, -0.15) is 9.97 Å². The summed E-state index contributed by atoms with van der Waals surface area (Å²) in [6, 6.07) is 51.2. The fourth-order valence-electron chi connectivity index (χ4n) is 6.12. The molecule has 0 fully saturated rings. The van der Waals surface area contributed by atoms with Crippen LogP contribution in [0.3, 0.4) is 0 Å². The van der Waals surface area contributed by atoms with E-state index in [0.717, 1.165) is 55.1 Å². The summed E-state index contributed by atoms with van der Waals surface area (Å²) >= 11 is 0. The minimum atomic E-state index is 0.512. The van der Waals surface area contributed by atoms with Gasteiger partial charge in [-0.15, -0.1) is 0 Å². The van der Waals surface area contributed by atoms with Gasteiger partial charge in [0.05, 0.1) is 16.6 Å². The number of fused-ring (bicyclic) bond motifs is 4. The van der Waals surface area contributed by atoms with E-state index in [1.54, 1.807) is 0 Å². The number of para-hydroxylation sites is 3. The maximum absolute atomic E-state index is 6.48. The second-order valence-corrected chi connectivity index (χ2v) is 11.1. The van der Waals surface area contributed by atoms with E-state index in [4.69, 9.17) is 24.4 Å². The molecule has 0 bridgehead atoms. The molecule has 0 atom stereocenters. The van der Waals surface area contributed by atoms with Crippen molar-refractivity contribution < 1.29 is 4.42 Å². The van der Waals surface area contributed by atoms with E-state index >= 15 is 0 Å². The van der Waals surface area contributed by atoms with Crippen LogP contribution in [0.1, 0.15) is 0 Å². The number of hydrogen-bond donors (Lipinski definition) is 0. The van der Waals surface area contributed by atoms with Crippen molar-refractivity contribution in [2.24, 2.45) is 0 Å². The average Bonchev–Trinajstić information content (AvgIpc) is 3.72. The van der Waals surface area contributed by atoms with Crippen molar-refractivity contribution in [2.45, 2.75) is 0 Å². The summed E-state index contributed by atoms with van der Waals surface area (Å²) in [5.74, 6) is 2.17. The zero-order valence-electron chi connectivity index (χ0n) is 24.6. The number of nitrogens with zero attached hydrogens (tertiary/aromatic N) is 5. The molecule has 6 heteroatoms. The molecule has 0 amide bonds. The van der Waals surface area contributed by atoms with Crippen molar-refractivity contribution >= 4 is 32.9 Å². The smallest absolute Gasteiger partial charge is 0.238 e. The van der Waals surface area contributed by atoms with Crippen LogP contribution in [-0.2, 0) is 0 Å². The lowest BCUT2D eigenvalue weighted by Crippen LogP contribution is -2.06. The lowest BCUT2D eigenvalue weighted by molar-refractivity contribution is 0.620. The molecule has 0 aliphatic heterocycles. The van der Waals surface area contributed by atoms with Crippen LogP contribution in [0.15, 0.2) is 156 Å². The van der Waals surface area contributed by atoms with Gasteiger partial charge in [0.15, 0.2) is 17.2 Å². The van der Waals surface area contributed by atoms with Crippen molar-refractivity contribution in [1.29, 1.82) is 0 Å². The summed E-state index contributed by atoms with van der Waals surface area (Å²) in [4.78, 5) is 20.0. The van der Waals surface area contributed by atoms with E-state index in [9.17, 15) is 0 Å². The summed E-state index contributed by atoms with van der Waals surface area (Å²) in [7, 11) is 0. The van der Waals surface area contributed by atoms with Crippen molar-refractivity contribution in [3.8, 4) is 51.3 Å². The maximum Gasteiger partial charge on any atom is 0.238 e. The molecule has 6 aromatic carbocycles. The third-order valence-electron chi connectivity index (χ3n) is 8.33. The highest BCUT2D eigenvalue weighted by Crippen LogP contribution is 2.35. The summed E-state index contributed by atoms with van der Waals surface area (Å²) in [5, 5.41) is 2.28. The van der Waals surface area contributed by atoms with E-state index in [2.05, 4.69) is 65.2 Å². The lowest BCUT2D eigenvalue weighted by Gasteiger charge is -2.11. The van der Waals surface area contributed by atoms with Gasteiger partial charge >= 0.3 is 0 Å². The Hall–Kier alpha value is -6.40. The molecule has 0 aliphatic rings. The molecule has 3 aromatic heterocycles. The molecule has 3 heterocycles. The van der Waals surface area contributed by atoms with E-state index in [-0.39, 0.29) is 0 Å².